The maximum absolute atomic E-state index is 14.0. The van der Waals surface area contributed by atoms with Crippen LogP contribution in [0.4, 0.5) is 13.2 Å². The first-order valence-corrected chi connectivity index (χ1v) is 8.51. The van der Waals surface area contributed by atoms with Crippen LogP contribution in [0.15, 0.2) is 47.3 Å². The molecule has 0 aliphatic rings. The summed E-state index contributed by atoms with van der Waals surface area (Å²) in [7, 11) is 0. The molecule has 0 bridgehead atoms. The highest BCUT2D eigenvalue weighted by Crippen LogP contribution is 2.36. The number of nitrogens with zero attached hydrogens (tertiary/aromatic N) is 1. The molecule has 7 heteroatoms. The van der Waals surface area contributed by atoms with Crippen molar-refractivity contribution in [2.45, 2.75) is 6.92 Å². The van der Waals surface area contributed by atoms with Gasteiger partial charge in [0, 0.05) is 10.4 Å². The average Bonchev–Trinajstić information content (AvgIpc) is 2.92. The Bertz CT molecular complexity index is 1180. The minimum absolute atomic E-state index is 0.162. The number of thiophene rings is 1. The Labute approximate surface area is 149 Å². The fourth-order valence-corrected chi connectivity index (χ4v) is 3.97. The molecule has 0 spiro atoms. The number of H-pyrrole nitrogens is 1. The summed E-state index contributed by atoms with van der Waals surface area (Å²) in [5, 5.41) is 0.319. The van der Waals surface area contributed by atoms with Crippen LogP contribution in [-0.4, -0.2) is 9.97 Å². The summed E-state index contributed by atoms with van der Waals surface area (Å²) in [4.78, 5) is 20.6. The van der Waals surface area contributed by atoms with Crippen LogP contribution >= 0.6 is 11.3 Å². The monoisotopic (exact) mass is 372 g/mol. The van der Waals surface area contributed by atoms with Crippen molar-refractivity contribution >= 4 is 21.6 Å². The Morgan fingerprint density at radius 3 is 2.27 bits per heavy atom. The van der Waals surface area contributed by atoms with E-state index < -0.39 is 17.2 Å². The zero-order valence-electron chi connectivity index (χ0n) is 13.4. The van der Waals surface area contributed by atoms with Crippen LogP contribution < -0.4 is 5.56 Å². The van der Waals surface area contributed by atoms with Crippen LogP contribution in [0.25, 0.3) is 32.7 Å². The third kappa shape index (κ3) is 2.61. The Kier molecular flexibility index (Phi) is 3.88. The van der Waals surface area contributed by atoms with Crippen molar-refractivity contribution in [3.05, 3.63) is 75.1 Å². The van der Waals surface area contributed by atoms with Crippen molar-refractivity contribution in [1.29, 1.82) is 0 Å². The van der Waals surface area contributed by atoms with E-state index in [1.54, 1.807) is 12.1 Å². The van der Waals surface area contributed by atoms with Crippen LogP contribution in [0, 0.1) is 24.4 Å². The molecule has 0 radical (unpaired) electrons. The van der Waals surface area contributed by atoms with Gasteiger partial charge in [0.05, 0.1) is 10.9 Å². The van der Waals surface area contributed by atoms with Gasteiger partial charge in [-0.15, -0.1) is 11.3 Å². The number of benzene rings is 2. The molecule has 0 amide bonds. The Morgan fingerprint density at radius 2 is 1.62 bits per heavy atom. The first kappa shape index (κ1) is 16.5. The van der Waals surface area contributed by atoms with Crippen LogP contribution in [0.5, 0.6) is 0 Å². The number of hydrogen-bond acceptors (Lipinski definition) is 3. The lowest BCUT2D eigenvalue weighted by atomic mass is 10.0. The third-order valence-corrected chi connectivity index (χ3v) is 5.07. The quantitative estimate of drug-likeness (QED) is 0.536. The molecule has 0 unspecified atom stereocenters. The maximum atomic E-state index is 14.0. The summed E-state index contributed by atoms with van der Waals surface area (Å²) in [5.41, 5.74) is 0.434. The molecule has 2 aromatic heterocycles. The van der Waals surface area contributed by atoms with Crippen molar-refractivity contribution in [2.75, 3.05) is 0 Å². The predicted octanol–water partition coefficient (Wildman–Crippen LogP) is 5.04. The maximum Gasteiger partial charge on any atom is 0.260 e. The number of halogens is 3. The van der Waals surface area contributed by atoms with E-state index in [1.807, 2.05) is 6.92 Å². The van der Waals surface area contributed by atoms with Crippen molar-refractivity contribution in [3.8, 4) is 22.5 Å². The van der Waals surface area contributed by atoms with Crippen LogP contribution in [0.2, 0.25) is 0 Å². The number of nitrogens with one attached hydrogen (secondary N) is 1. The van der Waals surface area contributed by atoms with Crippen molar-refractivity contribution in [2.24, 2.45) is 0 Å². The molecule has 0 atom stereocenters. The predicted molar refractivity (Wildman–Crippen MR) is 95.7 cm³/mol. The van der Waals surface area contributed by atoms with Gasteiger partial charge in [0.15, 0.2) is 0 Å². The summed E-state index contributed by atoms with van der Waals surface area (Å²) in [6.45, 7) is 1.81. The summed E-state index contributed by atoms with van der Waals surface area (Å²) < 4.78 is 41.2. The van der Waals surface area contributed by atoms with Gasteiger partial charge in [-0.25, -0.2) is 18.2 Å². The summed E-state index contributed by atoms with van der Waals surface area (Å²) in [6, 6.07) is 9.22. The van der Waals surface area contributed by atoms with Crippen LogP contribution in [0.3, 0.4) is 0 Å². The minimum atomic E-state index is -0.806. The number of aromatic amines is 1. The summed E-state index contributed by atoms with van der Waals surface area (Å²) in [5.74, 6) is -2.15. The lowest BCUT2D eigenvalue weighted by Crippen LogP contribution is -2.10. The molecule has 4 aromatic rings. The normalized spacial score (nSPS) is 11.2. The zero-order chi connectivity index (χ0) is 18.4. The van der Waals surface area contributed by atoms with Gasteiger partial charge in [-0.1, -0.05) is 18.2 Å². The van der Waals surface area contributed by atoms with E-state index in [1.165, 1.54) is 29.5 Å². The van der Waals surface area contributed by atoms with Crippen molar-refractivity contribution in [3.63, 3.8) is 0 Å². The van der Waals surface area contributed by atoms with E-state index in [0.29, 0.717) is 21.3 Å². The van der Waals surface area contributed by atoms with Gasteiger partial charge in [-0.05, 0) is 36.8 Å². The van der Waals surface area contributed by atoms with Gasteiger partial charge in [0.25, 0.3) is 5.56 Å². The molecular formula is C19H11F3N2OS. The van der Waals surface area contributed by atoms with Gasteiger partial charge < -0.3 is 4.98 Å². The van der Waals surface area contributed by atoms with Gasteiger partial charge in [-0.2, -0.15) is 0 Å². The average molecular weight is 372 g/mol. The first-order chi connectivity index (χ1) is 12.5. The minimum Gasteiger partial charge on any atom is -0.306 e. The van der Waals surface area contributed by atoms with E-state index in [4.69, 9.17) is 0 Å². The van der Waals surface area contributed by atoms with Gasteiger partial charge in [0.1, 0.15) is 28.1 Å². The van der Waals surface area contributed by atoms with E-state index in [0.717, 1.165) is 17.0 Å². The summed E-state index contributed by atoms with van der Waals surface area (Å²) in [6.07, 6.45) is 0. The third-order valence-electron chi connectivity index (χ3n) is 4.07. The highest BCUT2D eigenvalue weighted by atomic mass is 32.1. The van der Waals surface area contributed by atoms with Crippen molar-refractivity contribution < 1.29 is 13.2 Å². The van der Waals surface area contributed by atoms with Crippen LogP contribution in [0.1, 0.15) is 4.88 Å². The smallest absolute Gasteiger partial charge is 0.260 e. The Hall–Kier alpha value is -2.93. The second-order valence-corrected chi connectivity index (χ2v) is 6.93. The van der Waals surface area contributed by atoms with Gasteiger partial charge >= 0.3 is 0 Å². The SMILES string of the molecule is Cc1sc2nc(-c3c(F)cccc3F)[nH]c(=O)c2c1-c1ccc(F)cc1. The molecular weight excluding hydrogens is 361 g/mol. The number of aromatic nitrogens is 2. The topological polar surface area (TPSA) is 45.8 Å². The first-order valence-electron chi connectivity index (χ1n) is 7.69. The molecule has 3 nitrogen and oxygen atoms in total. The summed E-state index contributed by atoms with van der Waals surface area (Å²) >= 11 is 1.24. The molecule has 2 aromatic carbocycles. The molecule has 1 N–H and O–H groups in total. The molecule has 0 aliphatic carbocycles. The standard InChI is InChI=1S/C19H11F3N2OS/c1-9-14(10-5-7-11(20)8-6-10)16-18(25)23-17(24-19(16)26-9)15-12(21)3-2-4-13(15)22/h2-8H,1H3,(H,23,24,25). The molecule has 4 rings (SSSR count). The molecule has 0 aliphatic heterocycles. The molecule has 0 saturated carbocycles. The molecule has 0 fully saturated rings. The second-order valence-electron chi connectivity index (χ2n) is 5.73. The fraction of sp³-hybridized carbons (Fsp3) is 0.0526. The highest BCUT2D eigenvalue weighted by Gasteiger charge is 2.20. The molecule has 130 valence electrons. The van der Waals surface area contributed by atoms with Gasteiger partial charge in [-0.3, -0.25) is 4.79 Å². The fourth-order valence-electron chi connectivity index (χ4n) is 2.93. The van der Waals surface area contributed by atoms with E-state index in [2.05, 4.69) is 9.97 Å². The largest absolute Gasteiger partial charge is 0.306 e. The number of rotatable bonds is 2. The van der Waals surface area contributed by atoms with Crippen LogP contribution in [-0.2, 0) is 0 Å². The Balaban J connectivity index is 1.99. The molecule has 2 heterocycles. The number of hydrogen-bond donors (Lipinski definition) is 1. The zero-order valence-corrected chi connectivity index (χ0v) is 14.3. The molecule has 26 heavy (non-hydrogen) atoms. The number of aryl methyl sites for hydroxylation is 1. The van der Waals surface area contributed by atoms with E-state index in [-0.39, 0.29) is 17.2 Å². The highest BCUT2D eigenvalue weighted by molar-refractivity contribution is 7.19. The van der Waals surface area contributed by atoms with Gasteiger partial charge in [0.2, 0.25) is 0 Å². The van der Waals surface area contributed by atoms with E-state index >= 15 is 0 Å². The Morgan fingerprint density at radius 1 is 0.962 bits per heavy atom. The lowest BCUT2D eigenvalue weighted by Gasteiger charge is -2.05. The van der Waals surface area contributed by atoms with E-state index in [9.17, 15) is 18.0 Å². The van der Waals surface area contributed by atoms with Crippen molar-refractivity contribution in [1.82, 2.24) is 9.97 Å². The number of fused-ring (bicyclic) bond motifs is 1. The lowest BCUT2D eigenvalue weighted by molar-refractivity contribution is 0.587. The molecule has 0 saturated heterocycles. The second kappa shape index (κ2) is 6.10.